The van der Waals surface area contributed by atoms with Crippen molar-refractivity contribution < 1.29 is 14.4 Å². The van der Waals surface area contributed by atoms with Crippen molar-refractivity contribution in [3.63, 3.8) is 0 Å². The Labute approximate surface area is 179 Å². The molecule has 0 fully saturated rings. The number of amides is 3. The maximum Gasteiger partial charge on any atom is 0.327 e. The summed E-state index contributed by atoms with van der Waals surface area (Å²) in [6, 6.07) is 8.64. The van der Waals surface area contributed by atoms with Crippen LogP contribution in [-0.4, -0.2) is 38.5 Å². The number of hydrogen-bond donors (Lipinski definition) is 2. The molecule has 0 unspecified atom stereocenters. The van der Waals surface area contributed by atoms with Gasteiger partial charge in [0.1, 0.15) is 11.6 Å². The second-order valence-corrected chi connectivity index (χ2v) is 7.87. The van der Waals surface area contributed by atoms with E-state index in [4.69, 9.17) is 0 Å². The number of aromatic nitrogens is 2. The van der Waals surface area contributed by atoms with Gasteiger partial charge in [-0.3, -0.25) is 19.8 Å². The van der Waals surface area contributed by atoms with Crippen LogP contribution < -0.4 is 10.6 Å². The number of rotatable bonds is 6. The maximum atomic E-state index is 12.8. The molecule has 156 valence electrons. The van der Waals surface area contributed by atoms with E-state index in [9.17, 15) is 14.4 Å². The quantitative estimate of drug-likeness (QED) is 0.734. The van der Waals surface area contributed by atoms with E-state index in [-0.39, 0.29) is 17.1 Å². The molecule has 9 heteroatoms. The molecule has 30 heavy (non-hydrogen) atoms. The van der Waals surface area contributed by atoms with Crippen molar-refractivity contribution >= 4 is 34.6 Å². The molecule has 0 radical (unpaired) electrons. The first kappa shape index (κ1) is 21.5. The van der Waals surface area contributed by atoms with E-state index in [1.165, 1.54) is 6.92 Å². The second kappa shape index (κ2) is 9.53. The fourth-order valence-corrected chi connectivity index (χ4v) is 3.89. The third kappa shape index (κ3) is 5.24. The fraction of sp³-hybridized carbons (Fsp3) is 0.286. The van der Waals surface area contributed by atoms with Gasteiger partial charge in [0.05, 0.1) is 6.54 Å². The minimum Gasteiger partial charge on any atom is -0.356 e. The number of carbonyl (C=O) groups excluding carboxylic acids is 3. The number of allylic oxidation sites excluding steroid dienone is 1. The number of fused-ring (bicyclic) bond motifs is 1. The molecule has 1 aromatic carbocycles. The number of nitrogens with zero attached hydrogens (tertiary/aromatic N) is 3. The molecule has 2 heterocycles. The van der Waals surface area contributed by atoms with Crippen molar-refractivity contribution in [2.45, 2.75) is 33.7 Å². The van der Waals surface area contributed by atoms with Crippen LogP contribution in [0.5, 0.6) is 0 Å². The lowest BCUT2D eigenvalue weighted by atomic mass is 10.2. The summed E-state index contributed by atoms with van der Waals surface area (Å²) in [5.41, 5.74) is 2.02. The van der Waals surface area contributed by atoms with E-state index in [0.717, 1.165) is 17.3 Å². The van der Waals surface area contributed by atoms with Crippen LogP contribution in [0, 0.1) is 6.92 Å². The minimum atomic E-state index is -0.317. The van der Waals surface area contributed by atoms with Crippen LogP contribution >= 0.6 is 11.8 Å². The summed E-state index contributed by atoms with van der Waals surface area (Å²) in [5.74, 6) is 0.933. The number of carbonyl (C=O) groups is 3. The van der Waals surface area contributed by atoms with Crippen LogP contribution in [0.2, 0.25) is 0 Å². The summed E-state index contributed by atoms with van der Waals surface area (Å²) in [4.78, 5) is 47.5. The van der Waals surface area contributed by atoms with E-state index >= 15 is 0 Å². The molecule has 0 spiro atoms. The van der Waals surface area contributed by atoms with Crippen molar-refractivity contribution in [1.82, 2.24) is 20.2 Å². The van der Waals surface area contributed by atoms with Crippen LogP contribution in [0.25, 0.3) is 0 Å². The average Bonchev–Trinajstić information content (AvgIpc) is 2.72. The van der Waals surface area contributed by atoms with E-state index in [1.807, 2.05) is 6.07 Å². The Kier molecular flexibility index (Phi) is 6.83. The average molecular weight is 426 g/mol. The summed E-state index contributed by atoms with van der Waals surface area (Å²) in [7, 11) is 0. The first-order valence-electron chi connectivity index (χ1n) is 9.47. The second-order valence-electron chi connectivity index (χ2n) is 6.80. The molecule has 0 atom stereocenters. The summed E-state index contributed by atoms with van der Waals surface area (Å²) in [5, 5.41) is 5.41. The Morgan fingerprint density at radius 3 is 2.67 bits per heavy atom. The Balaban J connectivity index is 1.87. The third-order valence-corrected chi connectivity index (χ3v) is 5.71. The fourth-order valence-electron chi connectivity index (χ4n) is 2.95. The van der Waals surface area contributed by atoms with Crippen molar-refractivity contribution in [2.75, 3.05) is 11.9 Å². The first-order valence-corrected chi connectivity index (χ1v) is 10.3. The van der Waals surface area contributed by atoms with Gasteiger partial charge in [0.2, 0.25) is 11.0 Å². The Bertz CT molecular complexity index is 1010. The molecule has 3 amide bonds. The van der Waals surface area contributed by atoms with Crippen LogP contribution in [0.15, 0.2) is 47.1 Å². The molecular formula is C21H23N5O3S. The molecule has 8 nitrogen and oxygen atoms in total. The third-order valence-electron chi connectivity index (χ3n) is 4.54. The van der Waals surface area contributed by atoms with Crippen LogP contribution in [0.4, 0.5) is 10.6 Å². The number of anilines is 1. The van der Waals surface area contributed by atoms with Gasteiger partial charge in [-0.15, -0.1) is 0 Å². The lowest BCUT2D eigenvalue weighted by Crippen LogP contribution is -2.38. The monoisotopic (exact) mass is 425 g/mol. The van der Waals surface area contributed by atoms with Crippen LogP contribution in [-0.2, 0) is 11.3 Å². The van der Waals surface area contributed by atoms with Gasteiger partial charge < -0.3 is 5.32 Å². The number of nitrogens with one attached hydrogen (secondary N) is 2. The summed E-state index contributed by atoms with van der Waals surface area (Å²) < 4.78 is 0. The molecule has 2 N–H and O–H groups in total. The molecule has 2 aromatic rings. The SMILES string of the molecule is CC(=O)NCC/C(SC(=O)c1ccccc1)=C(\C)N1Cc2cnc(C)nc2NC1=O. The van der Waals surface area contributed by atoms with Gasteiger partial charge in [-0.1, -0.05) is 30.3 Å². The highest BCUT2D eigenvalue weighted by Crippen LogP contribution is 2.31. The summed E-state index contributed by atoms with van der Waals surface area (Å²) in [6.45, 7) is 5.67. The lowest BCUT2D eigenvalue weighted by Gasteiger charge is -2.30. The van der Waals surface area contributed by atoms with Crippen LogP contribution in [0.1, 0.15) is 42.0 Å². The largest absolute Gasteiger partial charge is 0.356 e. The minimum absolute atomic E-state index is 0.121. The van der Waals surface area contributed by atoms with Gasteiger partial charge in [-0.25, -0.2) is 14.8 Å². The van der Waals surface area contributed by atoms with Crippen molar-refractivity contribution in [3.8, 4) is 0 Å². The standard InChI is InChI=1S/C21H23N5O3S/c1-13(26-12-17-11-23-14(2)24-19(17)25-21(26)29)18(9-10-22-15(3)27)30-20(28)16-7-5-4-6-8-16/h4-8,11H,9-10,12H2,1-3H3,(H,22,27)(H,23,24,25,29)/b18-13-. The highest BCUT2D eigenvalue weighted by molar-refractivity contribution is 8.17. The van der Waals surface area contributed by atoms with Gasteiger partial charge in [-0.2, -0.15) is 0 Å². The molecule has 0 bridgehead atoms. The van der Waals surface area contributed by atoms with Gasteiger partial charge in [0.25, 0.3) is 0 Å². The lowest BCUT2D eigenvalue weighted by molar-refractivity contribution is -0.118. The highest BCUT2D eigenvalue weighted by Gasteiger charge is 2.27. The zero-order valence-corrected chi connectivity index (χ0v) is 17.9. The Morgan fingerprint density at radius 2 is 1.97 bits per heavy atom. The smallest absolute Gasteiger partial charge is 0.327 e. The molecule has 3 rings (SSSR count). The van der Waals surface area contributed by atoms with Crippen molar-refractivity contribution in [2.24, 2.45) is 0 Å². The van der Waals surface area contributed by atoms with E-state index < -0.39 is 0 Å². The maximum absolute atomic E-state index is 12.8. The topological polar surface area (TPSA) is 104 Å². The Morgan fingerprint density at radius 1 is 1.23 bits per heavy atom. The number of urea groups is 1. The van der Waals surface area contributed by atoms with Crippen molar-refractivity contribution in [3.05, 3.63) is 64.1 Å². The molecule has 1 aliphatic heterocycles. The number of benzene rings is 1. The normalized spacial score (nSPS) is 13.8. The highest BCUT2D eigenvalue weighted by atomic mass is 32.2. The molecule has 0 saturated carbocycles. The number of thioether (sulfide) groups is 1. The predicted molar refractivity (Wildman–Crippen MR) is 116 cm³/mol. The van der Waals surface area contributed by atoms with Gasteiger partial charge in [-0.05, 0) is 32.0 Å². The molecule has 0 saturated heterocycles. The van der Waals surface area contributed by atoms with Crippen LogP contribution in [0.3, 0.4) is 0 Å². The van der Waals surface area contributed by atoms with E-state index in [1.54, 1.807) is 49.2 Å². The van der Waals surface area contributed by atoms with E-state index in [2.05, 4.69) is 20.6 Å². The summed E-state index contributed by atoms with van der Waals surface area (Å²) in [6.07, 6.45) is 2.12. The molecular weight excluding hydrogens is 402 g/mol. The first-order chi connectivity index (χ1) is 14.3. The zero-order valence-electron chi connectivity index (χ0n) is 17.1. The van der Waals surface area contributed by atoms with Gasteiger partial charge in [0, 0.05) is 41.4 Å². The Hall–Kier alpha value is -3.20. The predicted octanol–water partition coefficient (Wildman–Crippen LogP) is 3.46. The van der Waals surface area contributed by atoms with Gasteiger partial charge >= 0.3 is 6.03 Å². The van der Waals surface area contributed by atoms with Crippen molar-refractivity contribution in [1.29, 1.82) is 0 Å². The number of hydrogen-bond acceptors (Lipinski definition) is 6. The summed E-state index contributed by atoms with van der Waals surface area (Å²) >= 11 is 1.07. The van der Waals surface area contributed by atoms with Gasteiger partial charge in [0.15, 0.2) is 0 Å². The molecule has 1 aromatic heterocycles. The molecule has 1 aliphatic rings. The molecule has 0 aliphatic carbocycles. The number of aryl methyl sites for hydroxylation is 1. The zero-order chi connectivity index (χ0) is 21.7. The van der Waals surface area contributed by atoms with E-state index in [0.29, 0.717) is 47.3 Å².